The first-order valence-electron chi connectivity index (χ1n) is 26.0. The number of nitrogens with zero attached hydrogens (tertiary/aromatic N) is 4. The van der Waals surface area contributed by atoms with Gasteiger partial charge in [-0.05, 0) is 89.8 Å². The Morgan fingerprint density at radius 1 is 0.280 bits per heavy atom. The minimum absolute atomic E-state index is 0. The molecular weight excluding hydrogens is 1020 g/mol. The summed E-state index contributed by atoms with van der Waals surface area (Å²) in [6, 6.07) is 16.6. The summed E-state index contributed by atoms with van der Waals surface area (Å²) in [5.41, 5.74) is 10.5. The van der Waals surface area contributed by atoms with E-state index in [1.165, 1.54) is 22.3 Å². The summed E-state index contributed by atoms with van der Waals surface area (Å²) < 4.78 is 0. The second kappa shape index (κ2) is 26.4. The third kappa shape index (κ3) is 20.3. The molecule has 4 aromatic rings. The number of aliphatic imine (C=N–C) groups is 4. The van der Waals surface area contributed by atoms with Crippen LogP contribution >= 0.6 is 0 Å². The number of hydrogen-bond donors (Lipinski definition) is 4. The van der Waals surface area contributed by atoms with Gasteiger partial charge in [0.2, 0.25) is 0 Å². The van der Waals surface area contributed by atoms with Crippen molar-refractivity contribution in [3.05, 3.63) is 115 Å². The first kappa shape index (κ1) is 70.8. The monoisotopic (exact) mass is 1110 g/mol. The van der Waals surface area contributed by atoms with Gasteiger partial charge >= 0.3 is 0 Å². The summed E-state index contributed by atoms with van der Waals surface area (Å²) in [4.78, 5) is 18.2. The Labute approximate surface area is 476 Å². The Morgan fingerprint density at radius 3 is 0.547 bits per heavy atom. The number of aromatic hydroxyl groups is 4. The first-order valence-corrected chi connectivity index (χ1v) is 26.0. The van der Waals surface area contributed by atoms with Gasteiger partial charge in [-0.25, -0.2) is 0 Å². The van der Waals surface area contributed by atoms with E-state index in [0.717, 1.165) is 44.5 Å². The van der Waals surface area contributed by atoms with Crippen LogP contribution in [0.3, 0.4) is 0 Å². The van der Waals surface area contributed by atoms with Gasteiger partial charge in [-0.1, -0.05) is 190 Å². The molecule has 0 saturated heterocycles. The zero-order valence-corrected chi connectivity index (χ0v) is 52.7. The zero-order valence-electron chi connectivity index (χ0n) is 50.5. The molecule has 0 atom stereocenters. The number of rotatable bonds is 10. The molecule has 11 heteroatoms. The molecule has 6 N–H and O–H groups in total. The molecule has 0 spiro atoms. The van der Waals surface area contributed by atoms with Crippen LogP contribution in [0.15, 0.2) is 68.5 Å². The quantitative estimate of drug-likeness (QED) is 0.0707. The Bertz CT molecular complexity index is 2280. The number of hydrogen-bond acceptors (Lipinski definition) is 8. The summed E-state index contributed by atoms with van der Waals surface area (Å²) >= 11 is 0. The molecule has 0 radical (unpaired) electrons. The van der Waals surface area contributed by atoms with E-state index in [1.54, 1.807) is 24.9 Å². The van der Waals surface area contributed by atoms with E-state index >= 15 is 0 Å². The predicted molar refractivity (Wildman–Crippen MR) is 315 cm³/mol. The Morgan fingerprint density at radius 2 is 0.427 bits per heavy atom. The van der Waals surface area contributed by atoms with E-state index in [-0.39, 0.29) is 82.9 Å². The van der Waals surface area contributed by atoms with Crippen molar-refractivity contribution in [1.82, 2.24) is 0 Å². The van der Waals surface area contributed by atoms with Crippen molar-refractivity contribution in [3.8, 4) is 23.0 Å². The van der Waals surface area contributed by atoms with Crippen LogP contribution < -0.4 is 0 Å². The molecule has 4 aromatic carbocycles. The molecule has 0 aliphatic rings. The number of benzene rings is 4. The Kier molecular flexibility index (Phi) is 24.9. The van der Waals surface area contributed by atoms with Crippen LogP contribution in [-0.4, -0.2) is 76.9 Å². The van der Waals surface area contributed by atoms with Gasteiger partial charge in [0, 0.05) is 104 Å². The van der Waals surface area contributed by atoms with Crippen LogP contribution in [0, 0.1) is 0 Å². The largest absolute Gasteiger partial charge is 0.507 e. The molecule has 0 bridgehead atoms. The predicted octanol–water partition coefficient (Wildman–Crippen LogP) is 14.8. The fraction of sp³-hybridized carbons (Fsp3) is 0.562. The van der Waals surface area contributed by atoms with Crippen LogP contribution in [0.5, 0.6) is 23.0 Å². The maximum Gasteiger partial charge on any atom is 0.128 e. The summed E-state index contributed by atoms with van der Waals surface area (Å²) in [7, 11) is 0. The van der Waals surface area contributed by atoms with E-state index in [2.05, 4.69) is 210 Å². The van der Waals surface area contributed by atoms with Gasteiger partial charge in [0.1, 0.15) is 23.0 Å². The molecule has 0 aromatic heterocycles. The minimum atomic E-state index is -0.173. The van der Waals surface area contributed by atoms with Crippen molar-refractivity contribution in [2.24, 2.45) is 20.0 Å². The maximum atomic E-state index is 10.9. The van der Waals surface area contributed by atoms with Crippen LogP contribution in [-0.2, 0) is 77.5 Å². The first-order chi connectivity index (χ1) is 32.5. The van der Waals surface area contributed by atoms with Gasteiger partial charge in [0.25, 0.3) is 0 Å². The molecule has 0 heterocycles. The SMILES string of the molecule is CC(C)(C)c1cc(C=NCCN=Cc2cc(C(C)(C)C)cc(C(C)(C)C)c2O)c(O)c(C(C)(C)C)c1.CC(C)(C)c1cc(C=NCCN=Cc2cc(C(C)(C)C)cc(C(C)(C)C)c2O)c(O)c(C(C)(C)C)c1.O.[Fe].[Fe]. The average molecular weight is 1120 g/mol. The van der Waals surface area contributed by atoms with Gasteiger partial charge in [0.15, 0.2) is 0 Å². The molecule has 9 nitrogen and oxygen atoms in total. The standard InChI is InChI=1S/2C32H48N2O2.2Fe.H2O/c2*1-29(2,3)23-15-21(27(35)25(17-23)31(7,8)9)19-33-13-14-34-20-22-16-24(30(4,5)6)18-26(28(22)36)32(10,11)12;;;/h2*15-20,35-36H,13-14H2,1-12H3;;;1H2. The number of phenols is 4. The third-order valence-electron chi connectivity index (χ3n) is 12.9. The summed E-state index contributed by atoms with van der Waals surface area (Å²) in [5.74, 6) is 1.17. The third-order valence-corrected chi connectivity index (χ3v) is 12.9. The second-order valence-corrected chi connectivity index (χ2v) is 28.0. The van der Waals surface area contributed by atoms with Gasteiger partial charge < -0.3 is 25.9 Å². The molecule has 4 rings (SSSR count). The van der Waals surface area contributed by atoms with Crippen molar-refractivity contribution >= 4 is 24.9 Å². The minimum Gasteiger partial charge on any atom is -0.507 e. The van der Waals surface area contributed by atoms with E-state index in [1.807, 2.05) is 24.3 Å². The van der Waals surface area contributed by atoms with E-state index in [0.29, 0.717) is 49.2 Å². The van der Waals surface area contributed by atoms with Crippen LogP contribution in [0.25, 0.3) is 0 Å². The summed E-state index contributed by atoms with van der Waals surface area (Å²) in [6.45, 7) is 53.4. The fourth-order valence-corrected chi connectivity index (χ4v) is 7.92. The van der Waals surface area contributed by atoms with E-state index < -0.39 is 0 Å². The molecule has 0 amide bonds. The van der Waals surface area contributed by atoms with Crippen LogP contribution in [0.4, 0.5) is 0 Å². The maximum absolute atomic E-state index is 10.9. The Hall–Kier alpha value is -4.24. The summed E-state index contributed by atoms with van der Waals surface area (Å²) in [5, 5.41) is 43.7. The molecule has 0 unspecified atom stereocenters. The fourth-order valence-electron chi connectivity index (χ4n) is 7.92. The molecule has 0 fully saturated rings. The molecule has 0 aliphatic heterocycles. The molecule has 0 aliphatic carbocycles. The van der Waals surface area contributed by atoms with Gasteiger partial charge in [-0.2, -0.15) is 0 Å². The molecule has 0 saturated carbocycles. The summed E-state index contributed by atoms with van der Waals surface area (Å²) in [6.07, 6.45) is 7.02. The number of phenolic OH excluding ortho intramolecular Hbond substituents is 4. The second-order valence-electron chi connectivity index (χ2n) is 28.0. The topological polar surface area (TPSA) is 162 Å². The van der Waals surface area contributed by atoms with Crippen LogP contribution in [0.1, 0.15) is 233 Å². The zero-order chi connectivity index (χ0) is 55.4. The van der Waals surface area contributed by atoms with Crippen molar-refractivity contribution in [3.63, 3.8) is 0 Å². The van der Waals surface area contributed by atoms with Gasteiger partial charge in [-0.3, -0.25) is 20.0 Å². The van der Waals surface area contributed by atoms with Gasteiger partial charge in [0.05, 0.1) is 26.2 Å². The average Bonchev–Trinajstić information content (AvgIpc) is 3.19. The molecule has 75 heavy (non-hydrogen) atoms. The smallest absolute Gasteiger partial charge is 0.128 e. The van der Waals surface area contributed by atoms with E-state index in [4.69, 9.17) is 0 Å². The van der Waals surface area contributed by atoms with Crippen molar-refractivity contribution < 1.29 is 60.0 Å². The van der Waals surface area contributed by atoms with Crippen molar-refractivity contribution in [2.45, 2.75) is 209 Å². The van der Waals surface area contributed by atoms with Crippen molar-refractivity contribution in [1.29, 1.82) is 0 Å². The Balaban J connectivity index is 0.00000140. The normalized spacial score (nSPS) is 13.2. The van der Waals surface area contributed by atoms with Crippen molar-refractivity contribution in [2.75, 3.05) is 26.2 Å². The van der Waals surface area contributed by atoms with E-state index in [9.17, 15) is 20.4 Å². The van der Waals surface area contributed by atoms with Crippen LogP contribution in [0.2, 0.25) is 0 Å². The molecule has 420 valence electrons. The molecular formula is C64H98Fe2N4O5. The van der Waals surface area contributed by atoms with Gasteiger partial charge in [-0.15, -0.1) is 0 Å².